The molecule has 12 heavy (non-hydrogen) atoms. The first kappa shape index (κ1) is 8.10. The van der Waals surface area contributed by atoms with E-state index in [2.05, 4.69) is 4.98 Å². The first-order valence-electron chi connectivity index (χ1n) is 3.96. The maximum Gasteiger partial charge on any atom is 0.109 e. The molecule has 1 aliphatic rings. The highest BCUT2D eigenvalue weighted by Gasteiger charge is 2.37. The highest BCUT2D eigenvalue weighted by molar-refractivity contribution is 6.30. The third-order valence-corrected chi connectivity index (χ3v) is 2.90. The second-order valence-electron chi connectivity index (χ2n) is 3.23. The van der Waals surface area contributed by atoms with Crippen LogP contribution in [0, 0.1) is 0 Å². The lowest BCUT2D eigenvalue weighted by atomic mass is 9.99. The molecular formula is C8H11ClN2O. The van der Waals surface area contributed by atoms with Crippen LogP contribution in [0.2, 0.25) is 5.15 Å². The average molecular weight is 187 g/mol. The summed E-state index contributed by atoms with van der Waals surface area (Å²) in [6, 6.07) is 0. The number of halogens is 1. The summed E-state index contributed by atoms with van der Waals surface area (Å²) < 4.78 is 0. The van der Waals surface area contributed by atoms with Crippen molar-refractivity contribution in [1.82, 2.24) is 4.98 Å². The van der Waals surface area contributed by atoms with Gasteiger partial charge in [-0.05, 0) is 18.4 Å². The Balaban J connectivity index is 2.49. The summed E-state index contributed by atoms with van der Waals surface area (Å²) in [5.74, 6) is 0. The lowest BCUT2D eigenvalue weighted by Gasteiger charge is -2.19. The van der Waals surface area contributed by atoms with Crippen molar-refractivity contribution in [3.8, 4) is 0 Å². The highest BCUT2D eigenvalue weighted by Crippen LogP contribution is 2.39. The van der Waals surface area contributed by atoms with E-state index < -0.39 is 5.60 Å². The van der Waals surface area contributed by atoms with Crippen LogP contribution in [0.1, 0.15) is 17.5 Å². The van der Waals surface area contributed by atoms with E-state index >= 15 is 0 Å². The number of aromatic nitrogens is 1. The Morgan fingerprint density at radius 3 is 3.17 bits per heavy atom. The van der Waals surface area contributed by atoms with Crippen LogP contribution in [0.3, 0.4) is 0 Å². The summed E-state index contributed by atoms with van der Waals surface area (Å²) >= 11 is 5.86. The number of H-pyrrole nitrogens is 1. The quantitative estimate of drug-likeness (QED) is 0.607. The zero-order valence-corrected chi connectivity index (χ0v) is 7.36. The van der Waals surface area contributed by atoms with Gasteiger partial charge in [0.25, 0.3) is 0 Å². The summed E-state index contributed by atoms with van der Waals surface area (Å²) in [4.78, 5) is 2.88. The standard InChI is InChI=1S/C8H11ClN2O/c9-7-5-1-2-8(12,4-10)6(5)3-11-7/h3,11-12H,1-2,4,10H2. The Bertz CT molecular complexity index is 310. The zero-order valence-electron chi connectivity index (χ0n) is 6.60. The molecule has 0 aliphatic heterocycles. The van der Waals surface area contributed by atoms with Crippen molar-refractivity contribution in [2.24, 2.45) is 5.73 Å². The molecule has 0 spiro atoms. The van der Waals surface area contributed by atoms with Crippen LogP contribution in [0.15, 0.2) is 6.20 Å². The maximum absolute atomic E-state index is 9.96. The summed E-state index contributed by atoms with van der Waals surface area (Å²) in [6.45, 7) is 0.258. The van der Waals surface area contributed by atoms with Gasteiger partial charge in [0.05, 0.1) is 0 Å². The Labute approximate surface area is 75.5 Å². The van der Waals surface area contributed by atoms with Crippen LogP contribution >= 0.6 is 11.6 Å². The van der Waals surface area contributed by atoms with Gasteiger partial charge in [0.2, 0.25) is 0 Å². The Morgan fingerprint density at radius 1 is 1.75 bits per heavy atom. The van der Waals surface area contributed by atoms with E-state index in [9.17, 15) is 5.11 Å². The molecular weight excluding hydrogens is 176 g/mol. The third-order valence-electron chi connectivity index (χ3n) is 2.56. The largest absolute Gasteiger partial charge is 0.384 e. The predicted octanol–water partition coefficient (Wildman–Crippen LogP) is 0.761. The molecule has 4 heteroatoms. The molecule has 2 rings (SSSR count). The van der Waals surface area contributed by atoms with Gasteiger partial charge >= 0.3 is 0 Å². The van der Waals surface area contributed by atoms with E-state index in [-0.39, 0.29) is 6.54 Å². The number of aliphatic hydroxyl groups is 1. The molecule has 0 saturated carbocycles. The average Bonchev–Trinajstić information content (AvgIpc) is 2.57. The van der Waals surface area contributed by atoms with E-state index in [4.69, 9.17) is 17.3 Å². The molecule has 4 N–H and O–H groups in total. The molecule has 0 fully saturated rings. The molecule has 3 nitrogen and oxygen atoms in total. The summed E-state index contributed by atoms with van der Waals surface area (Å²) in [6.07, 6.45) is 3.24. The number of nitrogens with two attached hydrogens (primary N) is 1. The van der Waals surface area contributed by atoms with Gasteiger partial charge in [-0.1, -0.05) is 11.6 Å². The SMILES string of the molecule is NCC1(O)CCc2c1c[nH]c2Cl. The van der Waals surface area contributed by atoms with Gasteiger partial charge < -0.3 is 15.8 Å². The van der Waals surface area contributed by atoms with Gasteiger partial charge in [-0.2, -0.15) is 0 Å². The van der Waals surface area contributed by atoms with E-state index in [0.717, 1.165) is 17.5 Å². The normalized spacial score (nSPS) is 27.6. The summed E-state index contributed by atoms with van der Waals surface area (Å²) in [5, 5.41) is 10.6. The minimum Gasteiger partial charge on any atom is -0.384 e. The molecule has 66 valence electrons. The van der Waals surface area contributed by atoms with Gasteiger partial charge in [-0.15, -0.1) is 0 Å². The minimum atomic E-state index is -0.848. The monoisotopic (exact) mass is 186 g/mol. The van der Waals surface area contributed by atoms with Gasteiger partial charge in [0.1, 0.15) is 10.8 Å². The molecule has 0 radical (unpaired) electrons. The number of fused-ring (bicyclic) bond motifs is 1. The smallest absolute Gasteiger partial charge is 0.109 e. The zero-order chi connectivity index (χ0) is 8.77. The van der Waals surface area contributed by atoms with Crippen molar-refractivity contribution < 1.29 is 5.11 Å². The van der Waals surface area contributed by atoms with Crippen LogP contribution in [-0.2, 0) is 12.0 Å². The van der Waals surface area contributed by atoms with Crippen LogP contribution < -0.4 is 5.73 Å². The lowest BCUT2D eigenvalue weighted by Crippen LogP contribution is -2.31. The number of hydrogen-bond acceptors (Lipinski definition) is 2. The van der Waals surface area contributed by atoms with Crippen molar-refractivity contribution in [3.05, 3.63) is 22.5 Å². The second-order valence-corrected chi connectivity index (χ2v) is 3.61. The van der Waals surface area contributed by atoms with E-state index in [0.29, 0.717) is 11.6 Å². The molecule has 0 aromatic carbocycles. The van der Waals surface area contributed by atoms with E-state index in [1.165, 1.54) is 0 Å². The Kier molecular flexibility index (Phi) is 1.68. The predicted molar refractivity (Wildman–Crippen MR) is 47.1 cm³/mol. The number of rotatable bonds is 1. The van der Waals surface area contributed by atoms with Crippen LogP contribution in [0.4, 0.5) is 0 Å². The van der Waals surface area contributed by atoms with Crippen molar-refractivity contribution in [1.29, 1.82) is 0 Å². The first-order chi connectivity index (χ1) is 5.67. The van der Waals surface area contributed by atoms with Crippen LogP contribution in [0.5, 0.6) is 0 Å². The summed E-state index contributed by atoms with van der Waals surface area (Å²) in [5.41, 5.74) is 6.53. The van der Waals surface area contributed by atoms with Crippen molar-refractivity contribution in [2.75, 3.05) is 6.54 Å². The highest BCUT2D eigenvalue weighted by atomic mass is 35.5. The number of nitrogens with one attached hydrogen (secondary N) is 1. The molecule has 1 atom stereocenters. The van der Waals surface area contributed by atoms with Gasteiger partial charge in [0.15, 0.2) is 0 Å². The van der Waals surface area contributed by atoms with Gasteiger partial charge in [-0.25, -0.2) is 0 Å². The van der Waals surface area contributed by atoms with Crippen LogP contribution in [0.25, 0.3) is 0 Å². The van der Waals surface area contributed by atoms with Gasteiger partial charge in [0, 0.05) is 18.3 Å². The molecule has 1 aromatic rings. The van der Waals surface area contributed by atoms with Gasteiger partial charge in [-0.3, -0.25) is 0 Å². The second kappa shape index (κ2) is 2.49. The molecule has 1 aliphatic carbocycles. The first-order valence-corrected chi connectivity index (χ1v) is 4.34. The lowest BCUT2D eigenvalue weighted by molar-refractivity contribution is 0.0479. The maximum atomic E-state index is 9.96. The van der Waals surface area contributed by atoms with Crippen molar-refractivity contribution >= 4 is 11.6 Å². The van der Waals surface area contributed by atoms with Crippen LogP contribution in [-0.4, -0.2) is 16.6 Å². The van der Waals surface area contributed by atoms with Crippen molar-refractivity contribution in [3.63, 3.8) is 0 Å². The van der Waals surface area contributed by atoms with E-state index in [1.807, 2.05) is 0 Å². The summed E-state index contributed by atoms with van der Waals surface area (Å²) in [7, 11) is 0. The number of hydrogen-bond donors (Lipinski definition) is 3. The Hall–Kier alpha value is -0.510. The molecule has 1 aromatic heterocycles. The molecule has 1 unspecified atom stereocenters. The molecule has 0 saturated heterocycles. The minimum absolute atomic E-state index is 0.258. The fourth-order valence-corrected chi connectivity index (χ4v) is 2.02. The topological polar surface area (TPSA) is 62.0 Å². The molecule has 1 heterocycles. The molecule has 0 bridgehead atoms. The number of aromatic amines is 1. The fourth-order valence-electron chi connectivity index (χ4n) is 1.77. The van der Waals surface area contributed by atoms with E-state index in [1.54, 1.807) is 6.20 Å². The molecule has 0 amide bonds. The Morgan fingerprint density at radius 2 is 2.50 bits per heavy atom. The van der Waals surface area contributed by atoms with Crippen molar-refractivity contribution in [2.45, 2.75) is 18.4 Å². The third kappa shape index (κ3) is 0.905. The fraction of sp³-hybridized carbons (Fsp3) is 0.500.